The number of anilines is 2. The number of hydrogen-bond acceptors (Lipinski definition) is 9. The second-order valence-electron chi connectivity index (χ2n) is 7.42. The van der Waals surface area contributed by atoms with Crippen molar-refractivity contribution in [2.75, 3.05) is 24.0 Å². The third kappa shape index (κ3) is 7.18. The molecule has 0 bridgehead atoms. The highest BCUT2D eigenvalue weighted by atomic mass is 32.2. The van der Waals surface area contributed by atoms with Gasteiger partial charge in [0.25, 0.3) is 0 Å². The Hall–Kier alpha value is -2.62. The predicted octanol–water partition coefficient (Wildman–Crippen LogP) is 0.920. The van der Waals surface area contributed by atoms with Crippen LogP contribution in [0.3, 0.4) is 0 Å². The van der Waals surface area contributed by atoms with Gasteiger partial charge >= 0.3 is 11.8 Å². The summed E-state index contributed by atoms with van der Waals surface area (Å²) in [6.45, 7) is 3.33. The summed E-state index contributed by atoms with van der Waals surface area (Å²) in [4.78, 5) is 29.3. The predicted molar refractivity (Wildman–Crippen MR) is 120 cm³/mol. The minimum absolute atomic E-state index is 0.0341. The van der Waals surface area contributed by atoms with Gasteiger partial charge in [-0.2, -0.15) is 0 Å². The van der Waals surface area contributed by atoms with Crippen LogP contribution in [-0.2, 0) is 36.0 Å². The van der Waals surface area contributed by atoms with Crippen LogP contribution in [0.2, 0.25) is 0 Å². The van der Waals surface area contributed by atoms with Gasteiger partial charge in [0.05, 0.1) is 30.8 Å². The van der Waals surface area contributed by atoms with E-state index in [2.05, 4.69) is 9.71 Å². The Bertz CT molecular complexity index is 1270. The molecule has 3 N–H and O–H groups in total. The number of nitrogens with zero attached hydrogens (tertiary/aromatic N) is 2. The molecule has 0 saturated carbocycles. The monoisotopic (exact) mass is 522 g/mol. The number of benzene rings is 1. The average Bonchev–Trinajstić information content (AvgIpc) is 3.10. The summed E-state index contributed by atoms with van der Waals surface area (Å²) < 4.78 is 68.8. The van der Waals surface area contributed by atoms with E-state index in [1.165, 1.54) is 0 Å². The first-order chi connectivity index (χ1) is 15.1. The van der Waals surface area contributed by atoms with Crippen LogP contribution in [0.5, 0.6) is 5.75 Å². The molecule has 0 aliphatic heterocycles. The highest BCUT2D eigenvalue weighted by molar-refractivity contribution is 7.93. The normalized spacial score (nSPS) is 12.1. The summed E-state index contributed by atoms with van der Waals surface area (Å²) in [6, 6.07) is 3.16. The topological polar surface area (TPSA) is 166 Å². The number of hydrogen-bond donors (Lipinski definition) is 2. The maximum Gasteiger partial charge on any atom is 0.322 e. The van der Waals surface area contributed by atoms with Gasteiger partial charge < -0.3 is 10.5 Å². The molecule has 182 valence electrons. The van der Waals surface area contributed by atoms with Gasteiger partial charge in [-0.25, -0.2) is 35.8 Å². The Kier molecular flexibility index (Phi) is 8.16. The van der Waals surface area contributed by atoms with Crippen molar-refractivity contribution >= 4 is 53.8 Å². The van der Waals surface area contributed by atoms with Gasteiger partial charge in [-0.3, -0.25) is 9.59 Å². The standard InChI is InChI=1S/C18H23FN4O7S3/c1-10(2)9-30-14-7-11(19)5-6-13(14)23(16(25)15(20)24)18-22-12(8-21-33(4,28)29)17(31-18)32(3,26)27/h5-7,10,21H,8-9H2,1-4H3,(H2,20,24). The Morgan fingerprint density at radius 1 is 1.24 bits per heavy atom. The van der Waals surface area contributed by atoms with Crippen molar-refractivity contribution in [3.63, 3.8) is 0 Å². The van der Waals surface area contributed by atoms with Gasteiger partial charge in [0.15, 0.2) is 15.0 Å². The van der Waals surface area contributed by atoms with Crippen molar-refractivity contribution in [2.24, 2.45) is 11.7 Å². The summed E-state index contributed by atoms with van der Waals surface area (Å²) in [5.41, 5.74) is 4.89. The molecule has 0 fully saturated rings. The summed E-state index contributed by atoms with van der Waals surface area (Å²) in [5, 5.41) is -0.300. The Morgan fingerprint density at radius 3 is 2.39 bits per heavy atom. The molecule has 1 heterocycles. The van der Waals surface area contributed by atoms with Gasteiger partial charge in [-0.15, -0.1) is 0 Å². The van der Waals surface area contributed by atoms with Crippen molar-refractivity contribution < 1.29 is 35.6 Å². The minimum Gasteiger partial charge on any atom is -0.491 e. The van der Waals surface area contributed by atoms with Crippen LogP contribution in [0.25, 0.3) is 0 Å². The minimum atomic E-state index is -3.90. The van der Waals surface area contributed by atoms with Crippen LogP contribution >= 0.6 is 11.3 Å². The molecule has 0 aliphatic carbocycles. The molecule has 1 aromatic heterocycles. The van der Waals surface area contributed by atoms with E-state index in [1.807, 2.05) is 13.8 Å². The van der Waals surface area contributed by atoms with Gasteiger partial charge in [-0.05, 0) is 18.1 Å². The van der Waals surface area contributed by atoms with Crippen molar-refractivity contribution in [2.45, 2.75) is 24.6 Å². The van der Waals surface area contributed by atoms with E-state index < -0.39 is 44.0 Å². The molecule has 1 aromatic carbocycles. The van der Waals surface area contributed by atoms with E-state index in [9.17, 15) is 30.8 Å². The quantitative estimate of drug-likeness (QED) is 0.459. The third-order valence-corrected chi connectivity index (χ3v) is 7.44. The molecule has 0 saturated heterocycles. The third-order valence-electron chi connectivity index (χ3n) is 3.83. The zero-order valence-corrected chi connectivity index (χ0v) is 20.6. The number of aromatic nitrogens is 1. The van der Waals surface area contributed by atoms with Crippen molar-refractivity contribution in [3.05, 3.63) is 29.7 Å². The number of primary amides is 1. The summed E-state index contributed by atoms with van der Waals surface area (Å²) in [6.07, 6.45) is 1.75. The van der Waals surface area contributed by atoms with Crippen LogP contribution < -0.4 is 20.1 Å². The molecule has 0 unspecified atom stereocenters. The first-order valence-corrected chi connectivity index (χ1v) is 13.9. The lowest BCUT2D eigenvalue weighted by molar-refractivity contribution is -0.135. The average molecular weight is 523 g/mol. The number of carbonyl (C=O) groups is 2. The lowest BCUT2D eigenvalue weighted by Gasteiger charge is -2.22. The van der Waals surface area contributed by atoms with E-state index in [4.69, 9.17) is 10.5 Å². The number of rotatable bonds is 9. The largest absolute Gasteiger partial charge is 0.491 e. The van der Waals surface area contributed by atoms with Gasteiger partial charge in [0.1, 0.15) is 15.8 Å². The smallest absolute Gasteiger partial charge is 0.322 e. The van der Waals surface area contributed by atoms with Crippen molar-refractivity contribution in [1.82, 2.24) is 9.71 Å². The molecule has 2 rings (SSSR count). The molecule has 15 heteroatoms. The van der Waals surface area contributed by atoms with E-state index in [0.29, 0.717) is 16.2 Å². The summed E-state index contributed by atoms with van der Waals surface area (Å²) in [7, 11) is -7.61. The zero-order chi connectivity index (χ0) is 25.1. The van der Waals surface area contributed by atoms with Gasteiger partial charge in [0.2, 0.25) is 10.0 Å². The molecular weight excluding hydrogens is 499 g/mol. The van der Waals surface area contributed by atoms with Crippen molar-refractivity contribution in [3.8, 4) is 5.75 Å². The number of ether oxygens (including phenoxy) is 1. The number of amides is 2. The van der Waals surface area contributed by atoms with Gasteiger partial charge in [-0.1, -0.05) is 25.2 Å². The summed E-state index contributed by atoms with van der Waals surface area (Å²) in [5.74, 6) is -3.43. The van der Waals surface area contributed by atoms with Crippen LogP contribution in [0.15, 0.2) is 22.4 Å². The number of sulfone groups is 1. The lowest BCUT2D eigenvalue weighted by atomic mass is 10.2. The van der Waals surface area contributed by atoms with E-state index in [1.54, 1.807) is 0 Å². The SMILES string of the molecule is CC(C)COc1cc(F)ccc1N(C(=O)C(N)=O)c1nc(CNS(C)(=O)=O)c(S(C)(=O)=O)s1. The first kappa shape index (κ1) is 26.6. The Labute approximate surface area is 194 Å². The Morgan fingerprint density at radius 2 is 1.88 bits per heavy atom. The van der Waals surface area contributed by atoms with Gasteiger partial charge in [0, 0.05) is 12.3 Å². The molecule has 0 aliphatic rings. The van der Waals surface area contributed by atoms with Crippen LogP contribution in [0, 0.1) is 11.7 Å². The first-order valence-electron chi connectivity index (χ1n) is 9.30. The van der Waals surface area contributed by atoms with Crippen LogP contribution in [-0.4, -0.2) is 52.8 Å². The molecular formula is C18H23FN4O7S3. The second kappa shape index (κ2) is 10.1. The molecule has 0 spiro atoms. The fourth-order valence-corrected chi connectivity index (χ4v) is 5.08. The summed E-state index contributed by atoms with van der Waals surface area (Å²) >= 11 is 0.517. The number of sulfonamides is 1. The van der Waals surface area contributed by atoms with Crippen molar-refractivity contribution in [1.29, 1.82) is 0 Å². The molecule has 0 atom stereocenters. The lowest BCUT2D eigenvalue weighted by Crippen LogP contribution is -2.37. The molecule has 0 radical (unpaired) electrons. The highest BCUT2D eigenvalue weighted by Gasteiger charge is 2.31. The number of thiazole rings is 1. The number of nitrogens with one attached hydrogen (secondary N) is 1. The Balaban J connectivity index is 2.71. The fraction of sp³-hybridized carbons (Fsp3) is 0.389. The van der Waals surface area contributed by atoms with E-state index in [0.717, 1.165) is 30.7 Å². The molecule has 11 nitrogen and oxygen atoms in total. The van der Waals surface area contributed by atoms with Crippen LogP contribution in [0.4, 0.5) is 15.2 Å². The molecule has 33 heavy (non-hydrogen) atoms. The fourth-order valence-electron chi connectivity index (χ4n) is 2.48. The van der Waals surface area contributed by atoms with Crippen LogP contribution in [0.1, 0.15) is 19.5 Å². The van der Waals surface area contributed by atoms with E-state index in [-0.39, 0.29) is 39.0 Å². The zero-order valence-electron chi connectivity index (χ0n) is 18.2. The highest BCUT2D eigenvalue weighted by Crippen LogP contribution is 2.39. The molecule has 2 aromatic rings. The molecule has 2 amide bonds. The second-order valence-corrected chi connectivity index (χ2v) is 12.4. The number of halogens is 1. The number of carbonyl (C=O) groups excluding carboxylic acids is 2. The maximum atomic E-state index is 13.9. The van der Waals surface area contributed by atoms with E-state index >= 15 is 0 Å². The maximum absolute atomic E-state index is 13.9. The number of nitrogens with two attached hydrogens (primary N) is 1.